The summed E-state index contributed by atoms with van der Waals surface area (Å²) in [6.07, 6.45) is -0.463. The van der Waals surface area contributed by atoms with E-state index in [4.69, 9.17) is 4.74 Å². The first-order valence-electron chi connectivity index (χ1n) is 12.2. The van der Waals surface area contributed by atoms with E-state index >= 15 is 0 Å². The molecule has 0 fully saturated rings. The average Bonchev–Trinajstić information content (AvgIpc) is 2.85. The van der Waals surface area contributed by atoms with Crippen LogP contribution in [-0.2, 0) is 10.0 Å². The van der Waals surface area contributed by atoms with Crippen molar-refractivity contribution in [2.75, 3.05) is 31.5 Å². The largest absolute Gasteiger partial charge is 0.487 e. The van der Waals surface area contributed by atoms with Crippen molar-refractivity contribution >= 4 is 27.6 Å². The lowest BCUT2D eigenvalue weighted by Crippen LogP contribution is -2.51. The number of sulfonamides is 1. The summed E-state index contributed by atoms with van der Waals surface area (Å²) in [7, 11) is -2.20. The second kappa shape index (κ2) is 11.8. The zero-order valence-corrected chi connectivity index (χ0v) is 22.7. The fourth-order valence-electron chi connectivity index (χ4n) is 4.03. The maximum absolute atomic E-state index is 13.6. The SMILES string of the molecule is CC(C)NC(=O)N(C)C[C@@H]1Oc2ccc(NS(=O)(=O)c3ccccc3)cc2C(=O)N([C@H](C)CO)C[C@H]1C. The van der Waals surface area contributed by atoms with Crippen LogP contribution in [0.15, 0.2) is 53.4 Å². The third kappa shape index (κ3) is 6.92. The molecule has 1 aliphatic heterocycles. The third-order valence-electron chi connectivity index (χ3n) is 6.18. The van der Waals surface area contributed by atoms with E-state index in [1.165, 1.54) is 29.2 Å². The summed E-state index contributed by atoms with van der Waals surface area (Å²) in [6.45, 7) is 7.72. The van der Waals surface area contributed by atoms with Gasteiger partial charge in [-0.05, 0) is 51.1 Å². The molecule has 3 atom stereocenters. The van der Waals surface area contributed by atoms with Crippen molar-refractivity contribution < 1.29 is 27.9 Å². The van der Waals surface area contributed by atoms with Crippen molar-refractivity contribution in [3.63, 3.8) is 0 Å². The maximum Gasteiger partial charge on any atom is 0.317 e. The number of nitrogens with zero attached hydrogens (tertiary/aromatic N) is 2. The molecule has 2 aromatic carbocycles. The molecule has 10 nitrogen and oxygen atoms in total. The average molecular weight is 533 g/mol. The van der Waals surface area contributed by atoms with E-state index in [-0.39, 0.29) is 65.5 Å². The van der Waals surface area contributed by atoms with Crippen LogP contribution in [0.25, 0.3) is 0 Å². The Kier molecular flexibility index (Phi) is 9.03. The minimum Gasteiger partial charge on any atom is -0.487 e. The predicted octanol–water partition coefficient (Wildman–Crippen LogP) is 2.76. The smallest absolute Gasteiger partial charge is 0.317 e. The molecule has 0 unspecified atom stereocenters. The van der Waals surface area contributed by atoms with Crippen LogP contribution >= 0.6 is 0 Å². The number of fused-ring (bicyclic) bond motifs is 1. The number of likely N-dealkylation sites (N-methyl/N-ethyl adjacent to an activating group) is 1. The van der Waals surface area contributed by atoms with Gasteiger partial charge in [0.2, 0.25) is 0 Å². The minimum atomic E-state index is -3.87. The summed E-state index contributed by atoms with van der Waals surface area (Å²) >= 11 is 0. The van der Waals surface area contributed by atoms with E-state index in [1.54, 1.807) is 43.1 Å². The van der Waals surface area contributed by atoms with Gasteiger partial charge in [-0.1, -0.05) is 25.1 Å². The fraction of sp³-hybridized carbons (Fsp3) is 0.462. The van der Waals surface area contributed by atoms with Crippen LogP contribution in [0.1, 0.15) is 38.1 Å². The molecule has 0 aromatic heterocycles. The number of urea groups is 1. The molecule has 202 valence electrons. The number of amides is 3. The van der Waals surface area contributed by atoms with Crippen molar-refractivity contribution in [3.05, 3.63) is 54.1 Å². The number of ether oxygens (including phenoxy) is 1. The molecule has 11 heteroatoms. The van der Waals surface area contributed by atoms with Gasteiger partial charge in [0.25, 0.3) is 15.9 Å². The Morgan fingerprint density at radius 2 is 1.86 bits per heavy atom. The van der Waals surface area contributed by atoms with Crippen LogP contribution in [0, 0.1) is 5.92 Å². The monoisotopic (exact) mass is 532 g/mol. The topological polar surface area (TPSA) is 128 Å². The first-order chi connectivity index (χ1) is 17.4. The minimum absolute atomic E-state index is 0.0250. The van der Waals surface area contributed by atoms with Gasteiger partial charge in [-0.3, -0.25) is 9.52 Å². The molecule has 0 aliphatic carbocycles. The highest BCUT2D eigenvalue weighted by Crippen LogP contribution is 2.31. The van der Waals surface area contributed by atoms with Gasteiger partial charge in [-0.2, -0.15) is 0 Å². The molecule has 0 saturated carbocycles. The molecule has 1 aliphatic rings. The molecular weight excluding hydrogens is 496 g/mol. The van der Waals surface area contributed by atoms with Gasteiger partial charge in [-0.15, -0.1) is 0 Å². The molecule has 3 amide bonds. The van der Waals surface area contributed by atoms with Crippen LogP contribution in [0.2, 0.25) is 0 Å². The second-order valence-corrected chi connectivity index (χ2v) is 11.4. The van der Waals surface area contributed by atoms with Gasteiger partial charge in [0.05, 0.1) is 29.7 Å². The van der Waals surface area contributed by atoms with Crippen LogP contribution in [0.3, 0.4) is 0 Å². The molecule has 2 aromatic rings. The molecule has 37 heavy (non-hydrogen) atoms. The first-order valence-corrected chi connectivity index (χ1v) is 13.7. The fourth-order valence-corrected chi connectivity index (χ4v) is 5.10. The number of rotatable bonds is 8. The lowest BCUT2D eigenvalue weighted by Gasteiger charge is -2.38. The highest BCUT2D eigenvalue weighted by atomic mass is 32.2. The second-order valence-electron chi connectivity index (χ2n) is 9.74. The van der Waals surface area contributed by atoms with E-state index in [9.17, 15) is 23.1 Å². The lowest BCUT2D eigenvalue weighted by atomic mass is 9.99. The summed E-state index contributed by atoms with van der Waals surface area (Å²) in [5, 5.41) is 12.7. The summed E-state index contributed by atoms with van der Waals surface area (Å²) in [4.78, 5) is 29.2. The van der Waals surface area contributed by atoms with Crippen molar-refractivity contribution in [1.82, 2.24) is 15.1 Å². The zero-order valence-electron chi connectivity index (χ0n) is 21.8. The highest BCUT2D eigenvalue weighted by Gasteiger charge is 2.34. The normalized spacial score (nSPS) is 18.8. The van der Waals surface area contributed by atoms with Crippen molar-refractivity contribution in [2.45, 2.75) is 50.8 Å². The van der Waals surface area contributed by atoms with Crippen LogP contribution in [0.4, 0.5) is 10.5 Å². The number of benzene rings is 2. The molecule has 0 spiro atoms. The van der Waals surface area contributed by atoms with Gasteiger partial charge in [0.15, 0.2) is 0 Å². The number of nitrogens with one attached hydrogen (secondary N) is 2. The number of aliphatic hydroxyl groups excluding tert-OH is 1. The predicted molar refractivity (Wildman–Crippen MR) is 141 cm³/mol. The van der Waals surface area contributed by atoms with Crippen LogP contribution < -0.4 is 14.8 Å². The molecule has 0 radical (unpaired) electrons. The third-order valence-corrected chi connectivity index (χ3v) is 7.58. The molecule has 1 heterocycles. The Morgan fingerprint density at radius 1 is 1.19 bits per heavy atom. The van der Waals surface area contributed by atoms with E-state index < -0.39 is 22.2 Å². The van der Waals surface area contributed by atoms with Crippen molar-refractivity contribution in [2.24, 2.45) is 5.92 Å². The number of carbonyl (C=O) groups excluding carboxylic acids is 2. The Hall–Kier alpha value is -3.31. The van der Waals surface area contributed by atoms with Gasteiger partial charge < -0.3 is 25.0 Å². The molecule has 3 rings (SSSR count). The van der Waals surface area contributed by atoms with E-state index in [1.807, 2.05) is 20.8 Å². The number of hydrogen-bond donors (Lipinski definition) is 3. The van der Waals surface area contributed by atoms with Crippen LogP contribution in [-0.4, -0.2) is 80.2 Å². The zero-order chi connectivity index (χ0) is 27.3. The Balaban J connectivity index is 1.96. The lowest BCUT2D eigenvalue weighted by molar-refractivity contribution is 0.0366. The molecule has 0 saturated heterocycles. The standard InChI is InChI=1S/C26H36N4O6S/c1-17(2)27-26(33)29(5)15-24-18(3)14-30(19(4)16-31)25(32)22-13-20(11-12-23(22)36-24)28-37(34,35)21-9-7-6-8-10-21/h6-13,17-19,24,28,31H,14-16H2,1-5H3,(H,27,33)/t18-,19-,24+/m1/s1. The van der Waals surface area contributed by atoms with E-state index in [2.05, 4.69) is 10.0 Å². The molecule has 0 bridgehead atoms. The Morgan fingerprint density at radius 3 is 2.49 bits per heavy atom. The Labute approximate surface area is 218 Å². The quantitative estimate of drug-likeness (QED) is 0.480. The highest BCUT2D eigenvalue weighted by molar-refractivity contribution is 7.92. The van der Waals surface area contributed by atoms with Gasteiger partial charge in [0.1, 0.15) is 11.9 Å². The number of carbonyl (C=O) groups is 2. The van der Waals surface area contributed by atoms with Gasteiger partial charge >= 0.3 is 6.03 Å². The first kappa shape index (κ1) is 28.3. The Bertz CT molecular complexity index is 1200. The summed E-state index contributed by atoms with van der Waals surface area (Å²) < 4.78 is 34.5. The summed E-state index contributed by atoms with van der Waals surface area (Å²) in [6, 6.07) is 11.7. The van der Waals surface area contributed by atoms with Gasteiger partial charge in [0, 0.05) is 31.2 Å². The molecule has 3 N–H and O–H groups in total. The number of aliphatic hydroxyl groups is 1. The van der Waals surface area contributed by atoms with E-state index in [0.717, 1.165) is 0 Å². The van der Waals surface area contributed by atoms with Crippen molar-refractivity contribution in [1.29, 1.82) is 0 Å². The number of hydrogen-bond acceptors (Lipinski definition) is 6. The van der Waals surface area contributed by atoms with Crippen LogP contribution in [0.5, 0.6) is 5.75 Å². The van der Waals surface area contributed by atoms with Gasteiger partial charge in [-0.25, -0.2) is 13.2 Å². The van der Waals surface area contributed by atoms with Crippen molar-refractivity contribution in [3.8, 4) is 5.75 Å². The maximum atomic E-state index is 13.6. The summed E-state index contributed by atoms with van der Waals surface area (Å²) in [5.74, 6) is -0.276. The number of anilines is 1. The molecular formula is C26H36N4O6S. The summed E-state index contributed by atoms with van der Waals surface area (Å²) in [5.41, 5.74) is 0.370. The van der Waals surface area contributed by atoms with E-state index in [0.29, 0.717) is 0 Å².